The Morgan fingerprint density at radius 1 is 1.30 bits per heavy atom. The van der Waals surface area contributed by atoms with E-state index in [2.05, 4.69) is 10.1 Å². The summed E-state index contributed by atoms with van der Waals surface area (Å²) >= 11 is 0. The smallest absolute Gasteiger partial charge is 0.341 e. The van der Waals surface area contributed by atoms with Gasteiger partial charge in [-0.25, -0.2) is 9.78 Å². The monoisotopic (exact) mass is 275 g/mol. The van der Waals surface area contributed by atoms with E-state index in [1.165, 1.54) is 0 Å². The van der Waals surface area contributed by atoms with Gasteiger partial charge in [0.2, 0.25) is 5.88 Å². The summed E-state index contributed by atoms with van der Waals surface area (Å²) in [6.45, 7) is 7.20. The molecule has 6 nitrogen and oxygen atoms in total. The van der Waals surface area contributed by atoms with Crippen molar-refractivity contribution in [2.45, 2.75) is 27.7 Å². The molecule has 0 aliphatic carbocycles. The van der Waals surface area contributed by atoms with Crippen LogP contribution in [0.2, 0.25) is 0 Å². The van der Waals surface area contributed by atoms with Crippen LogP contribution in [0.5, 0.6) is 11.6 Å². The van der Waals surface area contributed by atoms with Crippen LogP contribution in [0.15, 0.2) is 6.07 Å². The third kappa shape index (κ3) is 2.36. The standard InChI is InChI=1S/C14H17N3O3/c1-7-6-8(2)15-13(11(7)14(18)19)20-12-9(3)16-17(5)10(12)4/h6H,1-5H3,(H,18,19). The van der Waals surface area contributed by atoms with Gasteiger partial charge in [-0.1, -0.05) is 0 Å². The van der Waals surface area contributed by atoms with E-state index in [0.717, 1.165) is 5.69 Å². The molecule has 106 valence electrons. The highest BCUT2D eigenvalue weighted by molar-refractivity contribution is 5.92. The van der Waals surface area contributed by atoms with E-state index in [1.807, 2.05) is 20.9 Å². The van der Waals surface area contributed by atoms with Gasteiger partial charge in [-0.3, -0.25) is 4.68 Å². The minimum absolute atomic E-state index is 0.0817. The molecule has 2 aromatic heterocycles. The Kier molecular flexibility index (Phi) is 3.48. The summed E-state index contributed by atoms with van der Waals surface area (Å²) < 4.78 is 7.43. The lowest BCUT2D eigenvalue weighted by molar-refractivity contribution is 0.0692. The number of aromatic nitrogens is 3. The van der Waals surface area contributed by atoms with Crippen LogP contribution < -0.4 is 4.74 Å². The molecule has 2 aromatic rings. The average molecular weight is 275 g/mol. The molecule has 0 spiro atoms. The van der Waals surface area contributed by atoms with Crippen LogP contribution in [0.4, 0.5) is 0 Å². The molecule has 0 aliphatic rings. The molecule has 2 rings (SSSR count). The van der Waals surface area contributed by atoms with Gasteiger partial charge in [0.25, 0.3) is 0 Å². The second-order valence-corrected chi connectivity index (χ2v) is 4.79. The second-order valence-electron chi connectivity index (χ2n) is 4.79. The van der Waals surface area contributed by atoms with Gasteiger partial charge in [0.1, 0.15) is 11.3 Å². The average Bonchev–Trinajstić information content (AvgIpc) is 2.54. The maximum atomic E-state index is 11.4. The molecule has 0 radical (unpaired) electrons. The van der Waals surface area contributed by atoms with E-state index < -0.39 is 5.97 Å². The van der Waals surface area contributed by atoms with E-state index in [1.54, 1.807) is 24.6 Å². The van der Waals surface area contributed by atoms with Crippen LogP contribution in [-0.4, -0.2) is 25.8 Å². The first-order valence-corrected chi connectivity index (χ1v) is 6.20. The lowest BCUT2D eigenvalue weighted by Gasteiger charge is -2.11. The van der Waals surface area contributed by atoms with Crippen molar-refractivity contribution < 1.29 is 14.6 Å². The van der Waals surface area contributed by atoms with Gasteiger partial charge >= 0.3 is 5.97 Å². The maximum absolute atomic E-state index is 11.4. The predicted octanol–water partition coefficient (Wildman–Crippen LogP) is 2.54. The van der Waals surface area contributed by atoms with Crippen LogP contribution in [0.1, 0.15) is 33.0 Å². The molecule has 0 bridgehead atoms. The van der Waals surface area contributed by atoms with Crippen molar-refractivity contribution in [2.75, 3.05) is 0 Å². The number of carbonyl (C=O) groups is 1. The molecule has 0 aliphatic heterocycles. The third-order valence-electron chi connectivity index (χ3n) is 3.17. The SMILES string of the molecule is Cc1cc(C)c(C(=O)O)c(Oc2c(C)nn(C)c2C)n1. The first-order chi connectivity index (χ1) is 9.31. The van der Waals surface area contributed by atoms with Gasteiger partial charge in [-0.2, -0.15) is 5.10 Å². The van der Waals surface area contributed by atoms with Crippen molar-refractivity contribution >= 4 is 5.97 Å². The number of aromatic carboxylic acids is 1. The molecule has 0 fully saturated rings. The molecule has 20 heavy (non-hydrogen) atoms. The minimum Gasteiger partial charge on any atom is -0.477 e. The Labute approximate surface area is 117 Å². The molecule has 0 unspecified atom stereocenters. The highest BCUT2D eigenvalue weighted by Crippen LogP contribution is 2.30. The minimum atomic E-state index is -1.05. The van der Waals surface area contributed by atoms with E-state index in [0.29, 0.717) is 22.7 Å². The molecule has 0 saturated heterocycles. The number of pyridine rings is 1. The normalized spacial score (nSPS) is 10.7. The highest BCUT2D eigenvalue weighted by Gasteiger charge is 2.20. The summed E-state index contributed by atoms with van der Waals surface area (Å²) in [6, 6.07) is 1.72. The molecular formula is C14H17N3O3. The Hall–Kier alpha value is -2.37. The van der Waals surface area contributed by atoms with Crippen LogP contribution in [0.3, 0.4) is 0 Å². The zero-order valence-corrected chi connectivity index (χ0v) is 12.2. The molecule has 1 N–H and O–H groups in total. The lowest BCUT2D eigenvalue weighted by atomic mass is 10.1. The fourth-order valence-electron chi connectivity index (χ4n) is 2.14. The summed E-state index contributed by atoms with van der Waals surface area (Å²) in [5.74, 6) is -0.397. The third-order valence-corrected chi connectivity index (χ3v) is 3.17. The summed E-state index contributed by atoms with van der Waals surface area (Å²) in [4.78, 5) is 15.6. The second kappa shape index (κ2) is 4.96. The first-order valence-electron chi connectivity index (χ1n) is 6.20. The number of aryl methyl sites for hydroxylation is 4. The molecule has 6 heteroatoms. The van der Waals surface area contributed by atoms with E-state index in [-0.39, 0.29) is 11.4 Å². The number of rotatable bonds is 3. The number of hydrogen-bond donors (Lipinski definition) is 1. The molecule has 0 atom stereocenters. The highest BCUT2D eigenvalue weighted by atomic mass is 16.5. The Balaban J connectivity index is 2.56. The van der Waals surface area contributed by atoms with Gasteiger partial charge in [-0.15, -0.1) is 0 Å². The molecule has 0 saturated carbocycles. The van der Waals surface area contributed by atoms with Gasteiger partial charge in [0.15, 0.2) is 5.75 Å². The van der Waals surface area contributed by atoms with Crippen molar-refractivity contribution in [3.8, 4) is 11.6 Å². The van der Waals surface area contributed by atoms with E-state index >= 15 is 0 Å². The Bertz CT molecular complexity index is 689. The zero-order valence-electron chi connectivity index (χ0n) is 12.2. The number of carboxylic acids is 1. The first kappa shape index (κ1) is 14.0. The van der Waals surface area contributed by atoms with Crippen molar-refractivity contribution in [2.24, 2.45) is 7.05 Å². The van der Waals surface area contributed by atoms with Crippen molar-refractivity contribution in [3.63, 3.8) is 0 Å². The topological polar surface area (TPSA) is 77.2 Å². The quantitative estimate of drug-likeness (QED) is 0.931. The molecule has 0 aromatic carbocycles. The van der Waals surface area contributed by atoms with Crippen molar-refractivity contribution in [1.82, 2.24) is 14.8 Å². The summed E-state index contributed by atoms with van der Waals surface area (Å²) in [7, 11) is 1.81. The predicted molar refractivity (Wildman–Crippen MR) is 73.4 cm³/mol. The number of nitrogens with zero attached hydrogens (tertiary/aromatic N) is 3. The maximum Gasteiger partial charge on any atom is 0.341 e. The fourth-order valence-corrected chi connectivity index (χ4v) is 2.14. The largest absolute Gasteiger partial charge is 0.477 e. The number of hydrogen-bond acceptors (Lipinski definition) is 4. The zero-order chi connectivity index (χ0) is 15.0. The van der Waals surface area contributed by atoms with Crippen LogP contribution in [0, 0.1) is 27.7 Å². The van der Waals surface area contributed by atoms with Crippen LogP contribution >= 0.6 is 0 Å². The molecular weight excluding hydrogens is 258 g/mol. The van der Waals surface area contributed by atoms with E-state index in [9.17, 15) is 9.90 Å². The van der Waals surface area contributed by atoms with Crippen LogP contribution in [-0.2, 0) is 7.05 Å². The Morgan fingerprint density at radius 2 is 1.95 bits per heavy atom. The van der Waals surface area contributed by atoms with Gasteiger partial charge in [0, 0.05) is 12.7 Å². The lowest BCUT2D eigenvalue weighted by Crippen LogP contribution is -2.06. The van der Waals surface area contributed by atoms with Gasteiger partial charge < -0.3 is 9.84 Å². The Morgan fingerprint density at radius 3 is 2.45 bits per heavy atom. The number of ether oxygens (including phenoxy) is 1. The van der Waals surface area contributed by atoms with Crippen molar-refractivity contribution in [3.05, 3.63) is 34.3 Å². The molecule has 2 heterocycles. The summed E-state index contributed by atoms with van der Waals surface area (Å²) in [6.07, 6.45) is 0. The van der Waals surface area contributed by atoms with Crippen molar-refractivity contribution in [1.29, 1.82) is 0 Å². The summed E-state index contributed by atoms with van der Waals surface area (Å²) in [5.41, 5.74) is 2.93. The fraction of sp³-hybridized carbons (Fsp3) is 0.357. The molecule has 0 amide bonds. The number of carboxylic acid groups (broad SMARTS) is 1. The van der Waals surface area contributed by atoms with Crippen LogP contribution in [0.25, 0.3) is 0 Å². The van der Waals surface area contributed by atoms with E-state index in [4.69, 9.17) is 4.74 Å². The summed E-state index contributed by atoms with van der Waals surface area (Å²) in [5, 5.41) is 13.6. The van der Waals surface area contributed by atoms with Gasteiger partial charge in [-0.05, 0) is 39.3 Å². The van der Waals surface area contributed by atoms with Gasteiger partial charge in [0.05, 0.1) is 5.69 Å².